The lowest BCUT2D eigenvalue weighted by Crippen LogP contribution is -2.22. The third-order valence-electron chi connectivity index (χ3n) is 2.54. The SMILES string of the molecule is [C]1CC2CCC1CC2. The normalized spacial score (nSPS) is 45.0. The maximum atomic E-state index is 3.52. The van der Waals surface area contributed by atoms with Gasteiger partial charge in [-0.25, -0.2) is 0 Å². The summed E-state index contributed by atoms with van der Waals surface area (Å²) in [5.41, 5.74) is 0. The number of rotatable bonds is 0. The van der Waals surface area contributed by atoms with Crippen molar-refractivity contribution >= 4 is 0 Å². The van der Waals surface area contributed by atoms with Gasteiger partial charge in [0.1, 0.15) is 0 Å². The first-order valence-electron chi connectivity index (χ1n) is 3.68. The van der Waals surface area contributed by atoms with Crippen LogP contribution in [0.2, 0.25) is 0 Å². The predicted octanol–water partition coefficient (Wildman–Crippen LogP) is 2.28. The molecule has 0 heterocycles. The molecule has 0 aliphatic heterocycles. The monoisotopic (exact) mass is 108 g/mol. The molecule has 0 heteroatoms. The quantitative estimate of drug-likeness (QED) is 0.446. The Morgan fingerprint density at radius 1 is 1.00 bits per heavy atom. The fourth-order valence-corrected chi connectivity index (χ4v) is 1.90. The molecule has 44 valence electrons. The molecule has 3 aliphatic rings. The van der Waals surface area contributed by atoms with Crippen molar-refractivity contribution in [3.8, 4) is 0 Å². The van der Waals surface area contributed by atoms with Crippen LogP contribution in [0, 0.1) is 18.3 Å². The lowest BCUT2D eigenvalue weighted by atomic mass is 9.71. The van der Waals surface area contributed by atoms with E-state index in [9.17, 15) is 0 Å². The standard InChI is InChI=1S/C8H12/c1-2-8-5-3-7(1)4-6-8/h7-8H,1-5H2. The summed E-state index contributed by atoms with van der Waals surface area (Å²) in [7, 11) is 0. The van der Waals surface area contributed by atoms with Crippen LogP contribution >= 0.6 is 0 Å². The maximum absolute atomic E-state index is 3.52. The largest absolute Gasteiger partial charge is 0.0501 e. The van der Waals surface area contributed by atoms with Crippen LogP contribution < -0.4 is 0 Å². The highest BCUT2D eigenvalue weighted by atomic mass is 14.3. The van der Waals surface area contributed by atoms with Gasteiger partial charge >= 0.3 is 0 Å². The zero-order valence-electron chi connectivity index (χ0n) is 5.19. The molecule has 0 unspecified atom stereocenters. The van der Waals surface area contributed by atoms with Gasteiger partial charge in [-0.05, 0) is 37.5 Å². The Morgan fingerprint density at radius 2 is 1.75 bits per heavy atom. The van der Waals surface area contributed by atoms with Crippen molar-refractivity contribution in [2.45, 2.75) is 32.1 Å². The van der Waals surface area contributed by atoms with Gasteiger partial charge in [0.2, 0.25) is 0 Å². The van der Waals surface area contributed by atoms with Crippen LogP contribution in [0.4, 0.5) is 0 Å². The molecule has 3 aliphatic carbocycles. The van der Waals surface area contributed by atoms with Gasteiger partial charge in [-0.1, -0.05) is 12.8 Å². The average Bonchev–Trinajstić information content (AvgIpc) is 1.92. The van der Waals surface area contributed by atoms with Crippen molar-refractivity contribution in [3.63, 3.8) is 0 Å². The lowest BCUT2D eigenvalue weighted by Gasteiger charge is -2.34. The molecular weight excluding hydrogens is 96.1 g/mol. The molecule has 0 nitrogen and oxygen atoms in total. The molecule has 0 aromatic heterocycles. The van der Waals surface area contributed by atoms with E-state index in [0.29, 0.717) is 0 Å². The second-order valence-corrected chi connectivity index (χ2v) is 3.13. The van der Waals surface area contributed by atoms with Gasteiger partial charge in [0.25, 0.3) is 0 Å². The van der Waals surface area contributed by atoms with Crippen molar-refractivity contribution < 1.29 is 0 Å². The Morgan fingerprint density at radius 3 is 1.88 bits per heavy atom. The zero-order valence-corrected chi connectivity index (χ0v) is 5.19. The van der Waals surface area contributed by atoms with Crippen molar-refractivity contribution in [1.82, 2.24) is 0 Å². The molecule has 2 radical (unpaired) electrons. The molecule has 0 N–H and O–H groups in total. The summed E-state index contributed by atoms with van der Waals surface area (Å²) >= 11 is 0. The fraction of sp³-hybridized carbons (Fsp3) is 0.875. The second-order valence-electron chi connectivity index (χ2n) is 3.13. The van der Waals surface area contributed by atoms with Crippen LogP contribution in [0.3, 0.4) is 0 Å². The van der Waals surface area contributed by atoms with E-state index in [1.807, 2.05) is 0 Å². The van der Waals surface area contributed by atoms with E-state index in [-0.39, 0.29) is 0 Å². The second kappa shape index (κ2) is 1.75. The average molecular weight is 108 g/mol. The third kappa shape index (κ3) is 0.667. The molecule has 3 fully saturated rings. The van der Waals surface area contributed by atoms with Crippen LogP contribution in [0.5, 0.6) is 0 Å². The van der Waals surface area contributed by atoms with Crippen molar-refractivity contribution in [3.05, 3.63) is 6.42 Å². The summed E-state index contributed by atoms with van der Waals surface area (Å²) in [5.74, 6) is 1.94. The smallest absolute Gasteiger partial charge is 0.0137 e. The topological polar surface area (TPSA) is 0 Å². The first-order valence-corrected chi connectivity index (χ1v) is 3.68. The molecule has 0 aromatic rings. The van der Waals surface area contributed by atoms with Crippen molar-refractivity contribution in [2.24, 2.45) is 11.8 Å². The van der Waals surface area contributed by atoms with E-state index < -0.39 is 0 Å². The zero-order chi connectivity index (χ0) is 5.40. The van der Waals surface area contributed by atoms with Crippen LogP contribution in [-0.2, 0) is 0 Å². The fourth-order valence-electron chi connectivity index (χ4n) is 1.90. The highest BCUT2D eigenvalue weighted by Crippen LogP contribution is 2.39. The summed E-state index contributed by atoms with van der Waals surface area (Å²) in [6.45, 7) is 0. The molecule has 0 atom stereocenters. The van der Waals surface area contributed by atoms with E-state index >= 15 is 0 Å². The van der Waals surface area contributed by atoms with Gasteiger partial charge < -0.3 is 0 Å². The summed E-state index contributed by atoms with van der Waals surface area (Å²) in [6.07, 6.45) is 10.7. The van der Waals surface area contributed by atoms with Crippen molar-refractivity contribution in [1.29, 1.82) is 0 Å². The molecule has 0 spiro atoms. The Kier molecular flexibility index (Phi) is 1.06. The molecule has 3 saturated carbocycles. The summed E-state index contributed by atoms with van der Waals surface area (Å²) in [4.78, 5) is 0. The molecule has 8 heavy (non-hydrogen) atoms. The lowest BCUT2D eigenvalue weighted by molar-refractivity contribution is 0.234. The Hall–Kier alpha value is 0. The third-order valence-corrected chi connectivity index (χ3v) is 2.54. The van der Waals surface area contributed by atoms with Gasteiger partial charge in [-0.3, -0.25) is 0 Å². The van der Waals surface area contributed by atoms with Gasteiger partial charge in [-0.15, -0.1) is 0 Å². The number of fused-ring (bicyclic) bond motifs is 3. The summed E-state index contributed by atoms with van der Waals surface area (Å²) < 4.78 is 0. The van der Waals surface area contributed by atoms with E-state index in [0.717, 1.165) is 11.8 Å². The van der Waals surface area contributed by atoms with E-state index in [4.69, 9.17) is 0 Å². The minimum Gasteiger partial charge on any atom is -0.0501 e. The minimum atomic E-state index is 0.903. The van der Waals surface area contributed by atoms with Crippen LogP contribution in [0.15, 0.2) is 0 Å². The molecular formula is C8H12. The Bertz CT molecular complexity index is 55.0. The molecule has 0 saturated heterocycles. The Balaban J connectivity index is 2.03. The highest BCUT2D eigenvalue weighted by Gasteiger charge is 2.27. The number of hydrogen-bond donors (Lipinski definition) is 0. The maximum Gasteiger partial charge on any atom is -0.0137 e. The molecule has 3 rings (SSSR count). The number of hydrogen-bond acceptors (Lipinski definition) is 0. The van der Waals surface area contributed by atoms with E-state index in [1.54, 1.807) is 0 Å². The molecule has 2 bridgehead atoms. The summed E-state index contributed by atoms with van der Waals surface area (Å²) in [5, 5.41) is 0. The van der Waals surface area contributed by atoms with E-state index in [2.05, 4.69) is 6.42 Å². The van der Waals surface area contributed by atoms with Gasteiger partial charge in [0.05, 0.1) is 0 Å². The van der Waals surface area contributed by atoms with Gasteiger partial charge in [-0.2, -0.15) is 0 Å². The van der Waals surface area contributed by atoms with Crippen LogP contribution in [0.1, 0.15) is 32.1 Å². The van der Waals surface area contributed by atoms with Crippen LogP contribution in [-0.4, -0.2) is 0 Å². The molecule has 0 amide bonds. The van der Waals surface area contributed by atoms with Crippen molar-refractivity contribution in [2.75, 3.05) is 0 Å². The van der Waals surface area contributed by atoms with E-state index in [1.165, 1.54) is 32.1 Å². The summed E-state index contributed by atoms with van der Waals surface area (Å²) in [6, 6.07) is 0. The van der Waals surface area contributed by atoms with Crippen LogP contribution in [0.25, 0.3) is 0 Å². The first kappa shape index (κ1) is 4.84. The first-order chi connectivity index (χ1) is 3.95. The molecule has 0 aromatic carbocycles. The minimum absolute atomic E-state index is 0.903. The highest BCUT2D eigenvalue weighted by molar-refractivity contribution is 4.90. The van der Waals surface area contributed by atoms with Gasteiger partial charge in [0, 0.05) is 0 Å². The van der Waals surface area contributed by atoms with Gasteiger partial charge in [0.15, 0.2) is 0 Å². The predicted molar refractivity (Wildman–Crippen MR) is 33.3 cm³/mol. The Labute approximate surface area is 51.3 Å².